The molecular formula is C20H32O3. The first-order valence-electron chi connectivity index (χ1n) is 9.02. The van der Waals surface area contributed by atoms with Crippen molar-refractivity contribution in [3.63, 3.8) is 0 Å². The van der Waals surface area contributed by atoms with E-state index in [-0.39, 0.29) is 23.4 Å². The molecular weight excluding hydrogens is 288 g/mol. The Kier molecular flexibility index (Phi) is 4.06. The van der Waals surface area contributed by atoms with Crippen molar-refractivity contribution in [2.45, 2.75) is 65.1 Å². The molecule has 0 aromatic rings. The predicted octanol–water partition coefficient (Wildman–Crippen LogP) is 3.06. The maximum absolute atomic E-state index is 10.5. The predicted molar refractivity (Wildman–Crippen MR) is 91.8 cm³/mol. The van der Waals surface area contributed by atoms with Gasteiger partial charge in [0.25, 0.3) is 0 Å². The molecule has 0 aromatic heterocycles. The maximum Gasteiger partial charge on any atom is 0.0877 e. The maximum atomic E-state index is 10.5. The van der Waals surface area contributed by atoms with Gasteiger partial charge in [0, 0.05) is 10.8 Å². The molecule has 3 rings (SSSR count). The summed E-state index contributed by atoms with van der Waals surface area (Å²) >= 11 is 0. The molecule has 23 heavy (non-hydrogen) atoms. The minimum Gasteiger partial charge on any atom is -0.396 e. The van der Waals surface area contributed by atoms with Crippen molar-refractivity contribution >= 4 is 0 Å². The second-order valence-corrected chi connectivity index (χ2v) is 9.00. The van der Waals surface area contributed by atoms with Crippen LogP contribution in [-0.2, 0) is 0 Å². The Bertz CT molecular complexity index is 527. The number of fused-ring (bicyclic) bond motifs is 3. The average Bonchev–Trinajstić information content (AvgIpc) is 2.52. The molecule has 3 heteroatoms. The summed E-state index contributed by atoms with van der Waals surface area (Å²) in [6.07, 6.45) is 7.71. The van der Waals surface area contributed by atoms with E-state index >= 15 is 0 Å². The Labute approximate surface area is 140 Å². The summed E-state index contributed by atoms with van der Waals surface area (Å²) in [7, 11) is 0. The molecule has 0 aliphatic heterocycles. The molecule has 0 aromatic carbocycles. The van der Waals surface area contributed by atoms with E-state index in [9.17, 15) is 15.3 Å². The van der Waals surface area contributed by atoms with Gasteiger partial charge in [0.2, 0.25) is 0 Å². The molecule has 0 saturated heterocycles. The van der Waals surface area contributed by atoms with Crippen molar-refractivity contribution < 1.29 is 15.3 Å². The van der Waals surface area contributed by atoms with Gasteiger partial charge in [-0.3, -0.25) is 0 Å². The Balaban J connectivity index is 2.02. The fourth-order valence-electron chi connectivity index (χ4n) is 6.06. The monoisotopic (exact) mass is 320 g/mol. The Hall–Kier alpha value is -0.640. The number of aliphatic hydroxyl groups excluding tert-OH is 3. The van der Waals surface area contributed by atoms with Crippen LogP contribution in [0.25, 0.3) is 0 Å². The summed E-state index contributed by atoms with van der Waals surface area (Å²) in [5, 5.41) is 31.0. The van der Waals surface area contributed by atoms with E-state index < -0.39 is 17.6 Å². The molecule has 0 radical (unpaired) electrons. The lowest BCUT2D eigenvalue weighted by Gasteiger charge is -2.62. The summed E-state index contributed by atoms with van der Waals surface area (Å²) in [5.74, 6) is 0.691. The van der Waals surface area contributed by atoms with Crippen molar-refractivity contribution in [1.82, 2.24) is 0 Å². The van der Waals surface area contributed by atoms with Crippen LogP contribution < -0.4 is 0 Å². The van der Waals surface area contributed by atoms with E-state index in [2.05, 4.69) is 32.6 Å². The van der Waals surface area contributed by atoms with Gasteiger partial charge >= 0.3 is 0 Å². The van der Waals surface area contributed by atoms with Gasteiger partial charge in [-0.1, -0.05) is 38.5 Å². The van der Waals surface area contributed by atoms with Gasteiger partial charge in [-0.25, -0.2) is 0 Å². The molecule has 3 N–H and O–H groups in total. The highest BCUT2D eigenvalue weighted by atomic mass is 16.3. The first kappa shape index (κ1) is 17.2. The van der Waals surface area contributed by atoms with Gasteiger partial charge < -0.3 is 15.3 Å². The van der Waals surface area contributed by atoms with E-state index in [1.807, 2.05) is 6.92 Å². The minimum absolute atomic E-state index is 0.0529. The molecule has 0 spiro atoms. The van der Waals surface area contributed by atoms with E-state index in [0.717, 1.165) is 25.7 Å². The van der Waals surface area contributed by atoms with Gasteiger partial charge in [0.1, 0.15) is 0 Å². The topological polar surface area (TPSA) is 60.7 Å². The molecule has 7 atom stereocenters. The standard InChI is InChI=1S/C20H32O3/c1-5-18(2)9-8-14-13(10-18)6-7-16-19(14,3)11-15(22)17(23)20(16,4)12-21/h5,10,14-17,21-23H,1,6-9,11-12H2,2-4H3. The van der Waals surface area contributed by atoms with E-state index in [0.29, 0.717) is 12.3 Å². The highest BCUT2D eigenvalue weighted by molar-refractivity contribution is 5.27. The molecule has 3 aliphatic rings. The summed E-state index contributed by atoms with van der Waals surface area (Å²) in [6, 6.07) is 0. The van der Waals surface area contributed by atoms with Crippen molar-refractivity contribution in [1.29, 1.82) is 0 Å². The van der Waals surface area contributed by atoms with Crippen molar-refractivity contribution in [3.05, 3.63) is 24.3 Å². The van der Waals surface area contributed by atoms with E-state index in [1.54, 1.807) is 0 Å². The van der Waals surface area contributed by atoms with Gasteiger partial charge in [0.05, 0.1) is 18.8 Å². The summed E-state index contributed by atoms with van der Waals surface area (Å²) in [5.41, 5.74) is 0.920. The number of aliphatic hydroxyl groups is 3. The van der Waals surface area contributed by atoms with Crippen LogP contribution in [0.4, 0.5) is 0 Å². The lowest BCUT2D eigenvalue weighted by Crippen LogP contribution is -2.62. The summed E-state index contributed by atoms with van der Waals surface area (Å²) in [6.45, 7) is 10.4. The van der Waals surface area contributed by atoms with E-state index in [1.165, 1.54) is 5.57 Å². The van der Waals surface area contributed by atoms with Crippen LogP contribution in [0.5, 0.6) is 0 Å². The van der Waals surface area contributed by atoms with Gasteiger partial charge in [-0.2, -0.15) is 0 Å². The van der Waals surface area contributed by atoms with E-state index in [4.69, 9.17) is 0 Å². The minimum atomic E-state index is -0.835. The van der Waals surface area contributed by atoms with Gasteiger partial charge in [-0.05, 0) is 49.4 Å². The highest BCUT2D eigenvalue weighted by Crippen LogP contribution is 2.63. The normalized spacial score (nSPS) is 53.0. The van der Waals surface area contributed by atoms with Crippen molar-refractivity contribution in [2.75, 3.05) is 6.61 Å². The Morgan fingerprint density at radius 3 is 2.57 bits per heavy atom. The molecule has 3 nitrogen and oxygen atoms in total. The number of rotatable bonds is 2. The second kappa shape index (κ2) is 5.44. The summed E-state index contributed by atoms with van der Waals surface area (Å²) < 4.78 is 0. The first-order chi connectivity index (χ1) is 10.7. The van der Waals surface area contributed by atoms with Crippen LogP contribution in [0.3, 0.4) is 0 Å². The van der Waals surface area contributed by atoms with Crippen molar-refractivity contribution in [3.8, 4) is 0 Å². The fourth-order valence-corrected chi connectivity index (χ4v) is 6.06. The summed E-state index contributed by atoms with van der Waals surface area (Å²) in [4.78, 5) is 0. The van der Waals surface area contributed by atoms with Gasteiger partial charge in [0.15, 0.2) is 0 Å². The molecule has 0 bridgehead atoms. The second-order valence-electron chi connectivity index (χ2n) is 9.00. The molecule has 7 unspecified atom stereocenters. The van der Waals surface area contributed by atoms with Crippen LogP contribution in [0.15, 0.2) is 24.3 Å². The zero-order chi connectivity index (χ0) is 17.0. The average molecular weight is 320 g/mol. The molecule has 0 heterocycles. The Morgan fingerprint density at radius 1 is 1.26 bits per heavy atom. The van der Waals surface area contributed by atoms with Crippen LogP contribution in [0.1, 0.15) is 52.9 Å². The third-order valence-corrected chi connectivity index (χ3v) is 7.54. The largest absolute Gasteiger partial charge is 0.396 e. The number of hydrogen-bond acceptors (Lipinski definition) is 3. The van der Waals surface area contributed by atoms with Crippen molar-refractivity contribution in [2.24, 2.45) is 28.1 Å². The quantitative estimate of drug-likeness (QED) is 0.685. The molecule has 2 saturated carbocycles. The highest BCUT2D eigenvalue weighted by Gasteiger charge is 2.61. The SMILES string of the molecule is C=CC1(C)C=C2CCC3C(C)(CC(O)C(O)C3(C)CO)C2CC1. The smallest absolute Gasteiger partial charge is 0.0877 e. The van der Waals surface area contributed by atoms with Crippen LogP contribution in [-0.4, -0.2) is 34.1 Å². The fraction of sp³-hybridized carbons (Fsp3) is 0.800. The lowest BCUT2D eigenvalue weighted by atomic mass is 9.44. The zero-order valence-electron chi connectivity index (χ0n) is 14.8. The number of hydrogen-bond donors (Lipinski definition) is 3. The Morgan fingerprint density at radius 2 is 1.96 bits per heavy atom. The lowest BCUT2D eigenvalue weighted by molar-refractivity contribution is -0.201. The molecule has 3 aliphatic carbocycles. The molecule has 130 valence electrons. The number of allylic oxidation sites excluding steroid dienone is 3. The first-order valence-corrected chi connectivity index (χ1v) is 9.02. The molecule has 0 amide bonds. The third kappa shape index (κ3) is 2.35. The van der Waals surface area contributed by atoms with Crippen LogP contribution in [0, 0.1) is 28.1 Å². The van der Waals surface area contributed by atoms with Gasteiger partial charge in [-0.15, -0.1) is 6.58 Å². The zero-order valence-corrected chi connectivity index (χ0v) is 14.8. The third-order valence-electron chi connectivity index (χ3n) is 7.54. The van der Waals surface area contributed by atoms with Crippen LogP contribution >= 0.6 is 0 Å². The molecule has 2 fully saturated rings. The van der Waals surface area contributed by atoms with Crippen LogP contribution in [0.2, 0.25) is 0 Å².